The van der Waals surface area contributed by atoms with E-state index in [1.807, 2.05) is 60.7 Å². The van der Waals surface area contributed by atoms with Gasteiger partial charge < -0.3 is 4.42 Å². The summed E-state index contributed by atoms with van der Waals surface area (Å²) in [5.74, 6) is 1.86. The van der Waals surface area contributed by atoms with Crippen molar-refractivity contribution in [1.29, 1.82) is 0 Å². The molecule has 0 saturated heterocycles. The lowest BCUT2D eigenvalue weighted by Gasteiger charge is -2.07. The van der Waals surface area contributed by atoms with Gasteiger partial charge in [-0.2, -0.15) is 4.52 Å². The first-order valence-electron chi connectivity index (χ1n) is 8.35. The van der Waals surface area contributed by atoms with Crippen LogP contribution in [0.1, 0.15) is 5.56 Å². The van der Waals surface area contributed by atoms with Gasteiger partial charge in [-0.15, -0.1) is 5.10 Å². The summed E-state index contributed by atoms with van der Waals surface area (Å²) in [6.07, 6.45) is 1.62. The Balaban J connectivity index is 1.64. The zero-order valence-corrected chi connectivity index (χ0v) is 15.6. The van der Waals surface area contributed by atoms with Crippen LogP contribution in [0.2, 0.25) is 5.02 Å². The summed E-state index contributed by atoms with van der Waals surface area (Å²) in [4.78, 5) is 9.49. The maximum absolute atomic E-state index is 6.29. The molecule has 132 valence electrons. The summed E-state index contributed by atoms with van der Waals surface area (Å²) >= 11 is 7.87. The number of furan rings is 1. The maximum Gasteiger partial charge on any atom is 0.218 e. The van der Waals surface area contributed by atoms with E-state index in [4.69, 9.17) is 26.0 Å². The van der Waals surface area contributed by atoms with Crippen molar-refractivity contribution >= 4 is 39.9 Å². The number of aromatic nitrogens is 4. The molecular weight excluding hydrogens is 380 g/mol. The minimum atomic E-state index is 0.540. The van der Waals surface area contributed by atoms with Crippen LogP contribution in [0.5, 0.6) is 0 Å². The third kappa shape index (κ3) is 2.97. The first-order chi connectivity index (χ1) is 13.3. The molecule has 0 fully saturated rings. The first kappa shape index (κ1) is 16.4. The predicted octanol–water partition coefficient (Wildman–Crippen LogP) is 5.48. The van der Waals surface area contributed by atoms with Gasteiger partial charge in [0.2, 0.25) is 5.82 Å². The second kappa shape index (κ2) is 6.72. The van der Waals surface area contributed by atoms with E-state index in [0.29, 0.717) is 17.3 Å². The van der Waals surface area contributed by atoms with Crippen LogP contribution in [-0.4, -0.2) is 19.6 Å². The van der Waals surface area contributed by atoms with Gasteiger partial charge in [0.15, 0.2) is 16.6 Å². The fourth-order valence-electron chi connectivity index (χ4n) is 2.89. The van der Waals surface area contributed by atoms with Gasteiger partial charge in [0, 0.05) is 16.2 Å². The fraction of sp³-hybridized carbons (Fsp3) is 0.0500. The molecule has 5 rings (SSSR count). The van der Waals surface area contributed by atoms with Crippen molar-refractivity contribution in [3.8, 4) is 11.6 Å². The molecule has 0 bridgehead atoms. The third-order valence-electron chi connectivity index (χ3n) is 4.21. The molecular formula is C20H13ClN4OS. The molecule has 7 heteroatoms. The number of fused-ring (bicyclic) bond motifs is 3. The Hall–Kier alpha value is -2.83. The molecule has 0 aliphatic rings. The minimum absolute atomic E-state index is 0.540. The standard InChI is InChI=1S/C20H13ClN4OS/c21-15-8-3-1-6-13(15)12-27-20-22-16-9-4-2-7-14(16)19-23-18(24-25(19)20)17-10-5-11-26-17/h1-11H,12H2. The van der Waals surface area contributed by atoms with E-state index >= 15 is 0 Å². The van der Waals surface area contributed by atoms with E-state index in [-0.39, 0.29) is 0 Å². The van der Waals surface area contributed by atoms with Crippen LogP contribution < -0.4 is 0 Å². The number of para-hydroxylation sites is 1. The highest BCUT2D eigenvalue weighted by Gasteiger charge is 2.16. The summed E-state index contributed by atoms with van der Waals surface area (Å²) in [6.45, 7) is 0. The molecule has 0 saturated carbocycles. The van der Waals surface area contributed by atoms with Gasteiger partial charge >= 0.3 is 0 Å². The van der Waals surface area contributed by atoms with E-state index in [1.54, 1.807) is 22.5 Å². The fourth-order valence-corrected chi connectivity index (χ4v) is 4.12. The van der Waals surface area contributed by atoms with E-state index in [1.165, 1.54) is 0 Å². The molecule has 5 aromatic rings. The zero-order valence-electron chi connectivity index (χ0n) is 14.0. The summed E-state index contributed by atoms with van der Waals surface area (Å²) in [5, 5.41) is 7.09. The second-order valence-corrected chi connectivity index (χ2v) is 7.29. The average Bonchev–Trinajstić information content (AvgIpc) is 3.37. The highest BCUT2D eigenvalue weighted by Crippen LogP contribution is 2.29. The van der Waals surface area contributed by atoms with Crippen molar-refractivity contribution in [3.05, 3.63) is 77.5 Å². The van der Waals surface area contributed by atoms with Gasteiger partial charge in [-0.25, -0.2) is 9.97 Å². The molecule has 5 nitrogen and oxygen atoms in total. The topological polar surface area (TPSA) is 56.2 Å². The van der Waals surface area contributed by atoms with E-state index in [0.717, 1.165) is 32.3 Å². The highest BCUT2D eigenvalue weighted by molar-refractivity contribution is 7.98. The van der Waals surface area contributed by atoms with E-state index in [2.05, 4.69) is 5.10 Å². The van der Waals surface area contributed by atoms with Crippen molar-refractivity contribution in [2.24, 2.45) is 0 Å². The number of benzene rings is 2. The van der Waals surface area contributed by atoms with E-state index in [9.17, 15) is 0 Å². The average molecular weight is 393 g/mol. The number of rotatable bonds is 4. The molecule has 0 amide bonds. The molecule has 3 heterocycles. The van der Waals surface area contributed by atoms with Crippen LogP contribution in [0.4, 0.5) is 0 Å². The van der Waals surface area contributed by atoms with Crippen molar-refractivity contribution in [2.75, 3.05) is 0 Å². The molecule has 0 aliphatic heterocycles. The Morgan fingerprint density at radius 3 is 2.67 bits per heavy atom. The molecule has 3 aromatic heterocycles. The van der Waals surface area contributed by atoms with Gasteiger partial charge in [0.1, 0.15) is 0 Å². The Morgan fingerprint density at radius 2 is 1.81 bits per heavy atom. The van der Waals surface area contributed by atoms with Gasteiger partial charge in [-0.1, -0.05) is 53.7 Å². The lowest BCUT2D eigenvalue weighted by atomic mass is 10.2. The molecule has 0 atom stereocenters. The van der Waals surface area contributed by atoms with Gasteiger partial charge in [0.05, 0.1) is 11.8 Å². The molecule has 0 unspecified atom stereocenters. The lowest BCUT2D eigenvalue weighted by molar-refractivity contribution is 0.576. The summed E-state index contributed by atoms with van der Waals surface area (Å²) < 4.78 is 7.24. The minimum Gasteiger partial charge on any atom is -0.461 e. The van der Waals surface area contributed by atoms with Crippen LogP contribution in [0.3, 0.4) is 0 Å². The third-order valence-corrected chi connectivity index (χ3v) is 5.55. The second-order valence-electron chi connectivity index (χ2n) is 5.94. The first-order valence-corrected chi connectivity index (χ1v) is 9.71. The molecule has 27 heavy (non-hydrogen) atoms. The van der Waals surface area contributed by atoms with E-state index < -0.39 is 0 Å². The molecule has 0 spiro atoms. The number of hydrogen-bond donors (Lipinski definition) is 0. The van der Waals surface area contributed by atoms with Crippen LogP contribution in [0.15, 0.2) is 76.5 Å². The van der Waals surface area contributed by atoms with Crippen molar-refractivity contribution in [2.45, 2.75) is 10.9 Å². The quantitative estimate of drug-likeness (QED) is 0.299. The van der Waals surface area contributed by atoms with Crippen molar-refractivity contribution in [1.82, 2.24) is 19.6 Å². The molecule has 0 aliphatic carbocycles. The Kier molecular flexibility index (Phi) is 4.07. The predicted molar refractivity (Wildman–Crippen MR) is 107 cm³/mol. The number of hydrogen-bond acceptors (Lipinski definition) is 5. The van der Waals surface area contributed by atoms with Gasteiger partial charge in [-0.3, -0.25) is 0 Å². The molecule has 2 aromatic carbocycles. The van der Waals surface area contributed by atoms with Gasteiger partial charge in [0.25, 0.3) is 0 Å². The summed E-state index contributed by atoms with van der Waals surface area (Å²) in [6, 6.07) is 19.4. The zero-order chi connectivity index (χ0) is 18.2. The van der Waals surface area contributed by atoms with Crippen LogP contribution in [0.25, 0.3) is 28.1 Å². The summed E-state index contributed by atoms with van der Waals surface area (Å²) in [5.41, 5.74) is 2.69. The molecule has 0 radical (unpaired) electrons. The SMILES string of the molecule is Clc1ccccc1CSc1nc2ccccc2c2nc(-c3ccco3)nn12. The Bertz CT molecular complexity index is 1250. The highest BCUT2D eigenvalue weighted by atomic mass is 35.5. The Morgan fingerprint density at radius 1 is 0.963 bits per heavy atom. The molecule has 0 N–H and O–H groups in total. The monoisotopic (exact) mass is 392 g/mol. The van der Waals surface area contributed by atoms with Crippen LogP contribution in [0, 0.1) is 0 Å². The number of thioether (sulfide) groups is 1. The normalized spacial score (nSPS) is 11.4. The van der Waals surface area contributed by atoms with Crippen LogP contribution >= 0.6 is 23.4 Å². The number of halogens is 1. The smallest absolute Gasteiger partial charge is 0.218 e. The number of nitrogens with zero attached hydrogens (tertiary/aromatic N) is 4. The van der Waals surface area contributed by atoms with Crippen molar-refractivity contribution in [3.63, 3.8) is 0 Å². The van der Waals surface area contributed by atoms with Gasteiger partial charge in [-0.05, 0) is 35.9 Å². The van der Waals surface area contributed by atoms with Crippen molar-refractivity contribution < 1.29 is 4.42 Å². The largest absolute Gasteiger partial charge is 0.461 e. The summed E-state index contributed by atoms with van der Waals surface area (Å²) in [7, 11) is 0. The lowest BCUT2D eigenvalue weighted by Crippen LogP contribution is -1.98. The maximum atomic E-state index is 6.29. The van der Waals surface area contributed by atoms with Crippen LogP contribution in [-0.2, 0) is 5.75 Å². The Labute approximate surface area is 164 Å².